The first-order valence-corrected chi connectivity index (χ1v) is 5.71. The maximum Gasteiger partial charge on any atom is 0.243 e. The number of nitrogens with zero attached hydrogens (tertiary/aromatic N) is 1. The summed E-state index contributed by atoms with van der Waals surface area (Å²) >= 11 is 5.80. The molecular weight excluding hydrogens is 224 g/mol. The Morgan fingerprint density at radius 3 is 2.80 bits per heavy atom. The molecule has 1 rings (SSSR count). The van der Waals surface area contributed by atoms with E-state index in [-0.39, 0.29) is 12.5 Å². The number of rotatable bonds is 3. The van der Waals surface area contributed by atoms with Crippen LogP contribution in [0.5, 0.6) is 0 Å². The van der Waals surface area contributed by atoms with Crippen LogP contribution in [0.25, 0.3) is 0 Å². The first kappa shape index (κ1) is 12.7. The van der Waals surface area contributed by atoms with Gasteiger partial charge in [0.05, 0.1) is 0 Å². The molecule has 0 spiro atoms. The number of carbonyl (C=O) groups is 1. The van der Waals surface area contributed by atoms with Gasteiger partial charge in [-0.05, 0) is 19.3 Å². The second kappa shape index (κ2) is 5.64. The highest BCUT2D eigenvalue weighted by molar-refractivity contribution is 6.30. The fourth-order valence-electron chi connectivity index (χ4n) is 1.79. The van der Waals surface area contributed by atoms with Crippen LogP contribution >= 0.6 is 11.6 Å². The number of carbonyl (C=O) groups excluding carboxylic acids is 1. The lowest BCUT2D eigenvalue weighted by molar-refractivity contribution is -0.133. The SMILES string of the molecule is CC[C@H](Cl)C(=O)N1CCC[C@H](C(F)F)C1. The highest BCUT2D eigenvalue weighted by atomic mass is 35.5. The number of hydrogen-bond acceptors (Lipinski definition) is 1. The van der Waals surface area contributed by atoms with E-state index in [2.05, 4.69) is 0 Å². The number of alkyl halides is 3. The largest absolute Gasteiger partial charge is 0.341 e. The van der Waals surface area contributed by atoms with Gasteiger partial charge >= 0.3 is 0 Å². The Kier molecular flexibility index (Phi) is 4.77. The quantitative estimate of drug-likeness (QED) is 0.693. The summed E-state index contributed by atoms with van der Waals surface area (Å²) in [4.78, 5) is 13.1. The molecule has 1 fully saturated rings. The van der Waals surface area contributed by atoms with Gasteiger partial charge in [-0.15, -0.1) is 11.6 Å². The molecule has 0 bridgehead atoms. The fraction of sp³-hybridized carbons (Fsp3) is 0.900. The van der Waals surface area contributed by atoms with E-state index >= 15 is 0 Å². The van der Waals surface area contributed by atoms with Crippen LogP contribution in [0, 0.1) is 5.92 Å². The zero-order chi connectivity index (χ0) is 11.4. The van der Waals surface area contributed by atoms with E-state index in [4.69, 9.17) is 11.6 Å². The van der Waals surface area contributed by atoms with Crippen LogP contribution in [0.4, 0.5) is 8.78 Å². The molecule has 0 radical (unpaired) electrons. The van der Waals surface area contributed by atoms with E-state index in [1.54, 1.807) is 0 Å². The van der Waals surface area contributed by atoms with E-state index < -0.39 is 17.7 Å². The monoisotopic (exact) mass is 239 g/mol. The van der Waals surface area contributed by atoms with Gasteiger partial charge in [-0.2, -0.15) is 0 Å². The van der Waals surface area contributed by atoms with Gasteiger partial charge in [0, 0.05) is 19.0 Å². The molecule has 1 aliphatic heterocycles. The van der Waals surface area contributed by atoms with Crippen molar-refractivity contribution in [2.24, 2.45) is 5.92 Å². The highest BCUT2D eigenvalue weighted by Crippen LogP contribution is 2.23. The molecule has 88 valence electrons. The average Bonchev–Trinajstić information content (AvgIpc) is 2.27. The molecule has 0 aromatic rings. The minimum absolute atomic E-state index is 0.152. The Hall–Kier alpha value is -0.380. The number of piperidine rings is 1. The lowest BCUT2D eigenvalue weighted by Crippen LogP contribution is -2.45. The summed E-state index contributed by atoms with van der Waals surface area (Å²) in [5, 5.41) is -0.568. The van der Waals surface area contributed by atoms with Gasteiger partial charge in [0.15, 0.2) is 0 Å². The Morgan fingerprint density at radius 2 is 2.27 bits per heavy atom. The van der Waals surface area contributed by atoms with Gasteiger partial charge in [-0.3, -0.25) is 4.79 Å². The normalized spacial score (nSPS) is 24.3. The van der Waals surface area contributed by atoms with Crippen molar-refractivity contribution < 1.29 is 13.6 Å². The van der Waals surface area contributed by atoms with Gasteiger partial charge in [0.1, 0.15) is 5.38 Å². The molecule has 1 saturated heterocycles. The van der Waals surface area contributed by atoms with Crippen molar-refractivity contribution in [3.63, 3.8) is 0 Å². The number of likely N-dealkylation sites (tertiary alicyclic amines) is 1. The van der Waals surface area contributed by atoms with Gasteiger partial charge in [0.25, 0.3) is 0 Å². The maximum absolute atomic E-state index is 12.5. The molecule has 0 N–H and O–H groups in total. The fourth-order valence-corrected chi connectivity index (χ4v) is 1.93. The van der Waals surface area contributed by atoms with E-state index in [0.717, 1.165) is 0 Å². The third-order valence-corrected chi connectivity index (χ3v) is 3.25. The first-order valence-electron chi connectivity index (χ1n) is 5.27. The molecule has 1 aliphatic rings. The molecule has 0 saturated carbocycles. The van der Waals surface area contributed by atoms with Crippen molar-refractivity contribution in [3.8, 4) is 0 Å². The van der Waals surface area contributed by atoms with Crippen molar-refractivity contribution >= 4 is 17.5 Å². The van der Waals surface area contributed by atoms with Crippen LogP contribution in [0.1, 0.15) is 26.2 Å². The van der Waals surface area contributed by atoms with Crippen molar-refractivity contribution in [3.05, 3.63) is 0 Å². The van der Waals surface area contributed by atoms with E-state index in [1.807, 2.05) is 6.92 Å². The molecule has 0 aromatic heterocycles. The Morgan fingerprint density at radius 1 is 1.60 bits per heavy atom. The highest BCUT2D eigenvalue weighted by Gasteiger charge is 2.31. The molecule has 1 amide bonds. The standard InChI is InChI=1S/C10H16ClF2NO/c1-2-8(11)10(15)14-5-3-4-7(6-14)9(12)13/h7-9H,2-6H2,1H3/t7-,8-/m0/s1. The van der Waals surface area contributed by atoms with Crippen LogP contribution < -0.4 is 0 Å². The number of hydrogen-bond donors (Lipinski definition) is 0. The molecular formula is C10H16ClF2NO. The minimum Gasteiger partial charge on any atom is -0.341 e. The lowest BCUT2D eigenvalue weighted by Gasteiger charge is -2.33. The van der Waals surface area contributed by atoms with E-state index in [1.165, 1.54) is 4.90 Å². The summed E-state index contributed by atoms with van der Waals surface area (Å²) in [5.74, 6) is -0.882. The Bertz CT molecular complexity index is 225. The van der Waals surface area contributed by atoms with Gasteiger partial charge in [0.2, 0.25) is 12.3 Å². The van der Waals surface area contributed by atoms with Gasteiger partial charge in [-0.1, -0.05) is 6.92 Å². The van der Waals surface area contributed by atoms with Gasteiger partial charge in [-0.25, -0.2) is 8.78 Å². The van der Waals surface area contributed by atoms with Crippen molar-refractivity contribution in [1.29, 1.82) is 0 Å². The zero-order valence-corrected chi connectivity index (χ0v) is 9.51. The zero-order valence-electron chi connectivity index (χ0n) is 8.76. The number of halogens is 3. The summed E-state index contributed by atoms with van der Waals surface area (Å²) in [5.41, 5.74) is 0. The van der Waals surface area contributed by atoms with Crippen LogP contribution in [-0.2, 0) is 4.79 Å². The molecule has 2 nitrogen and oxygen atoms in total. The van der Waals surface area contributed by atoms with Crippen LogP contribution in [0.3, 0.4) is 0 Å². The molecule has 5 heteroatoms. The lowest BCUT2D eigenvalue weighted by atomic mass is 9.98. The molecule has 0 unspecified atom stereocenters. The van der Waals surface area contributed by atoms with Crippen molar-refractivity contribution in [2.75, 3.05) is 13.1 Å². The molecule has 0 aromatic carbocycles. The summed E-state index contributed by atoms with van der Waals surface area (Å²) in [6, 6.07) is 0. The van der Waals surface area contributed by atoms with Crippen molar-refractivity contribution in [2.45, 2.75) is 38.0 Å². The number of amides is 1. The molecule has 1 heterocycles. The molecule has 15 heavy (non-hydrogen) atoms. The Balaban J connectivity index is 2.52. The predicted molar refractivity (Wildman–Crippen MR) is 55.2 cm³/mol. The average molecular weight is 240 g/mol. The minimum atomic E-state index is -2.34. The molecule has 0 aliphatic carbocycles. The summed E-state index contributed by atoms with van der Waals surface area (Å²) in [7, 11) is 0. The third-order valence-electron chi connectivity index (χ3n) is 2.75. The van der Waals surface area contributed by atoms with Crippen LogP contribution in [0.2, 0.25) is 0 Å². The maximum atomic E-state index is 12.5. The summed E-state index contributed by atoms with van der Waals surface area (Å²) in [6.45, 7) is 2.52. The third kappa shape index (κ3) is 3.30. The molecule has 2 atom stereocenters. The van der Waals surface area contributed by atoms with E-state index in [0.29, 0.717) is 25.8 Å². The smallest absolute Gasteiger partial charge is 0.243 e. The Labute approximate surface area is 93.6 Å². The van der Waals surface area contributed by atoms with E-state index in [9.17, 15) is 13.6 Å². The second-order valence-electron chi connectivity index (χ2n) is 3.90. The van der Waals surface area contributed by atoms with Crippen LogP contribution in [-0.4, -0.2) is 35.7 Å². The second-order valence-corrected chi connectivity index (χ2v) is 4.42. The predicted octanol–water partition coefficient (Wildman–Crippen LogP) is 2.51. The summed E-state index contributed by atoms with van der Waals surface area (Å²) < 4.78 is 24.9. The van der Waals surface area contributed by atoms with Crippen molar-refractivity contribution in [1.82, 2.24) is 4.90 Å². The van der Waals surface area contributed by atoms with Crippen LogP contribution in [0.15, 0.2) is 0 Å². The summed E-state index contributed by atoms with van der Waals surface area (Å²) in [6.07, 6.45) is -0.652. The first-order chi connectivity index (χ1) is 7.06. The topological polar surface area (TPSA) is 20.3 Å². The van der Waals surface area contributed by atoms with Gasteiger partial charge < -0.3 is 4.90 Å².